The van der Waals surface area contributed by atoms with Gasteiger partial charge < -0.3 is 20.5 Å². The number of nitrogens with zero attached hydrogens (tertiary/aromatic N) is 1. The Balaban J connectivity index is 1.39. The van der Waals surface area contributed by atoms with E-state index in [0.717, 1.165) is 40.1 Å². The zero-order valence-corrected chi connectivity index (χ0v) is 18.2. The van der Waals surface area contributed by atoms with Crippen LogP contribution in [0.25, 0.3) is 0 Å². The van der Waals surface area contributed by atoms with E-state index in [0.29, 0.717) is 6.04 Å². The van der Waals surface area contributed by atoms with E-state index in [1.807, 2.05) is 30.3 Å². The Bertz CT molecular complexity index is 989. The maximum Gasteiger partial charge on any atom is 0.305 e. The molecule has 0 saturated heterocycles. The first-order valence-corrected chi connectivity index (χ1v) is 12.0. The lowest BCUT2D eigenvalue weighted by molar-refractivity contribution is -0.137. The van der Waals surface area contributed by atoms with Crippen LogP contribution in [0.4, 0.5) is 11.4 Å². The molecule has 1 unspecified atom stereocenters. The molecule has 0 spiro atoms. The fourth-order valence-electron chi connectivity index (χ4n) is 4.62. The molecule has 1 aliphatic carbocycles. The van der Waals surface area contributed by atoms with Crippen LogP contribution in [0.5, 0.6) is 11.5 Å². The molecule has 1 fully saturated rings. The highest BCUT2D eigenvalue weighted by Gasteiger charge is 2.32. The molecule has 2 aliphatic heterocycles. The number of thioether (sulfide) groups is 1. The Hall–Kier alpha value is -2.67. The summed E-state index contributed by atoms with van der Waals surface area (Å²) in [6.07, 6.45) is 5.86. The van der Waals surface area contributed by atoms with E-state index in [2.05, 4.69) is 22.8 Å². The second-order valence-corrected chi connectivity index (χ2v) is 9.52. The molecular formula is C24H27N3O3S. The largest absolute Gasteiger partial charge is 0.481 e. The average Bonchev–Trinajstić information content (AvgIpc) is 3.49. The number of aliphatic imine (C=N–C) groups is 1. The minimum Gasteiger partial charge on any atom is -0.481 e. The van der Waals surface area contributed by atoms with E-state index < -0.39 is 5.97 Å². The minimum atomic E-state index is -0.788. The Morgan fingerprint density at radius 1 is 1.19 bits per heavy atom. The number of benzene rings is 2. The van der Waals surface area contributed by atoms with Gasteiger partial charge in [0.1, 0.15) is 11.5 Å². The van der Waals surface area contributed by atoms with Crippen LogP contribution in [0, 0.1) is 0 Å². The summed E-state index contributed by atoms with van der Waals surface area (Å²) in [6, 6.07) is 14.5. The van der Waals surface area contributed by atoms with E-state index in [1.54, 1.807) is 11.8 Å². The quantitative estimate of drug-likeness (QED) is 0.555. The number of anilines is 2. The van der Waals surface area contributed by atoms with E-state index in [4.69, 9.17) is 14.8 Å². The Morgan fingerprint density at radius 2 is 2.00 bits per heavy atom. The second kappa shape index (κ2) is 8.83. The SMILES string of the molecule is O=C(O)C[C@@H]1CSC(C2Cc3cc(Oc4ccccc4)cc(NC4CCCC4)c3N2)=N1. The van der Waals surface area contributed by atoms with Gasteiger partial charge in [0.15, 0.2) is 0 Å². The van der Waals surface area contributed by atoms with Gasteiger partial charge in [-0.15, -0.1) is 11.8 Å². The van der Waals surface area contributed by atoms with Gasteiger partial charge in [-0.25, -0.2) is 0 Å². The molecule has 5 rings (SSSR count). The van der Waals surface area contributed by atoms with E-state index in [9.17, 15) is 4.79 Å². The molecule has 7 heteroatoms. The van der Waals surface area contributed by atoms with Crippen LogP contribution in [-0.4, -0.2) is 40.0 Å². The molecule has 0 amide bonds. The highest BCUT2D eigenvalue weighted by atomic mass is 32.2. The number of fused-ring (bicyclic) bond motifs is 1. The summed E-state index contributed by atoms with van der Waals surface area (Å²) in [6.45, 7) is 0. The summed E-state index contributed by atoms with van der Waals surface area (Å²) in [4.78, 5) is 15.7. The molecule has 0 bridgehead atoms. The summed E-state index contributed by atoms with van der Waals surface area (Å²) in [5.74, 6) is 1.61. The number of hydrogen-bond donors (Lipinski definition) is 3. The normalized spacial score (nSPS) is 22.6. The van der Waals surface area contributed by atoms with E-state index >= 15 is 0 Å². The lowest BCUT2D eigenvalue weighted by atomic mass is 10.1. The number of nitrogens with one attached hydrogen (secondary N) is 2. The third-order valence-electron chi connectivity index (χ3n) is 6.07. The van der Waals surface area contributed by atoms with Crippen molar-refractivity contribution in [2.45, 2.75) is 56.7 Å². The number of para-hydroxylation sites is 1. The molecule has 3 N–H and O–H groups in total. The van der Waals surface area contributed by atoms with Crippen molar-refractivity contribution in [3.8, 4) is 11.5 Å². The standard InChI is InChI=1S/C24H27N3O3S/c28-22(29)12-17-14-31-24(26-17)21-11-15-10-19(30-18-8-2-1-3-9-18)13-20(23(15)27-21)25-16-6-4-5-7-16/h1-3,8-10,13,16-17,21,25,27H,4-7,11-12,14H2,(H,28,29)/t17-,21?/m1/s1. The maximum atomic E-state index is 11.0. The van der Waals surface area contributed by atoms with Gasteiger partial charge in [0.2, 0.25) is 0 Å². The van der Waals surface area contributed by atoms with E-state index in [1.165, 1.54) is 31.2 Å². The van der Waals surface area contributed by atoms with Crippen molar-refractivity contribution < 1.29 is 14.6 Å². The molecule has 0 aromatic heterocycles. The van der Waals surface area contributed by atoms with Crippen molar-refractivity contribution in [2.24, 2.45) is 4.99 Å². The van der Waals surface area contributed by atoms with Crippen LogP contribution in [0.15, 0.2) is 47.5 Å². The first kappa shape index (κ1) is 20.2. The summed E-state index contributed by atoms with van der Waals surface area (Å²) in [5.41, 5.74) is 3.43. The van der Waals surface area contributed by atoms with Gasteiger partial charge in [0, 0.05) is 24.3 Å². The zero-order valence-electron chi connectivity index (χ0n) is 17.3. The third kappa shape index (κ3) is 4.66. The Morgan fingerprint density at radius 3 is 2.77 bits per heavy atom. The Kier molecular flexibility index (Phi) is 5.76. The lowest BCUT2D eigenvalue weighted by Crippen LogP contribution is -2.24. The summed E-state index contributed by atoms with van der Waals surface area (Å²) < 4.78 is 6.16. The molecular weight excluding hydrogens is 410 g/mol. The van der Waals surface area contributed by atoms with Crippen molar-refractivity contribution in [1.29, 1.82) is 0 Å². The minimum absolute atomic E-state index is 0.0925. The third-order valence-corrected chi connectivity index (χ3v) is 7.31. The van der Waals surface area contributed by atoms with Gasteiger partial charge in [-0.2, -0.15) is 0 Å². The molecule has 2 aromatic carbocycles. The average molecular weight is 438 g/mol. The molecule has 0 radical (unpaired) electrons. The number of carboxylic acid groups (broad SMARTS) is 1. The fraction of sp³-hybridized carbons (Fsp3) is 0.417. The number of rotatable bonds is 7. The van der Waals surface area contributed by atoms with Crippen LogP contribution in [0.2, 0.25) is 0 Å². The number of aliphatic carboxylic acids is 1. The highest BCUT2D eigenvalue weighted by Crippen LogP contribution is 2.41. The molecule has 3 aliphatic rings. The topological polar surface area (TPSA) is 83.0 Å². The van der Waals surface area contributed by atoms with Crippen LogP contribution < -0.4 is 15.4 Å². The van der Waals surface area contributed by atoms with Gasteiger partial charge in [0.25, 0.3) is 0 Å². The summed E-state index contributed by atoms with van der Waals surface area (Å²) >= 11 is 1.68. The number of ether oxygens (including phenoxy) is 1. The van der Waals surface area contributed by atoms with Gasteiger partial charge in [-0.3, -0.25) is 9.79 Å². The summed E-state index contributed by atoms with van der Waals surface area (Å²) in [7, 11) is 0. The lowest BCUT2D eigenvalue weighted by Gasteiger charge is -2.19. The fourth-order valence-corrected chi connectivity index (χ4v) is 5.74. The van der Waals surface area contributed by atoms with Crippen LogP contribution in [-0.2, 0) is 11.2 Å². The molecule has 31 heavy (non-hydrogen) atoms. The van der Waals surface area contributed by atoms with Crippen molar-refractivity contribution in [3.63, 3.8) is 0 Å². The van der Waals surface area contributed by atoms with Crippen LogP contribution in [0.3, 0.4) is 0 Å². The van der Waals surface area contributed by atoms with Gasteiger partial charge in [-0.1, -0.05) is 31.0 Å². The van der Waals surface area contributed by atoms with E-state index in [-0.39, 0.29) is 18.5 Å². The Labute approximate surface area is 186 Å². The number of carboxylic acids is 1. The highest BCUT2D eigenvalue weighted by molar-refractivity contribution is 8.14. The maximum absolute atomic E-state index is 11.0. The van der Waals surface area contributed by atoms with Crippen LogP contribution >= 0.6 is 11.8 Å². The predicted molar refractivity (Wildman–Crippen MR) is 126 cm³/mol. The number of hydrogen-bond acceptors (Lipinski definition) is 6. The van der Waals surface area contributed by atoms with Crippen molar-refractivity contribution in [3.05, 3.63) is 48.0 Å². The molecule has 2 atom stereocenters. The van der Waals surface area contributed by atoms with Gasteiger partial charge in [0.05, 0.1) is 34.9 Å². The molecule has 6 nitrogen and oxygen atoms in total. The van der Waals surface area contributed by atoms with Gasteiger partial charge in [-0.05, 0) is 36.6 Å². The molecule has 2 aromatic rings. The monoisotopic (exact) mass is 437 g/mol. The van der Waals surface area contributed by atoms with Gasteiger partial charge >= 0.3 is 5.97 Å². The second-order valence-electron chi connectivity index (χ2n) is 8.48. The van der Waals surface area contributed by atoms with Crippen LogP contribution in [0.1, 0.15) is 37.7 Å². The van der Waals surface area contributed by atoms with Crippen molar-refractivity contribution in [1.82, 2.24) is 0 Å². The molecule has 1 saturated carbocycles. The van der Waals surface area contributed by atoms with Crippen molar-refractivity contribution >= 4 is 34.1 Å². The predicted octanol–water partition coefficient (Wildman–Crippen LogP) is 5.16. The zero-order chi connectivity index (χ0) is 21.2. The molecule has 2 heterocycles. The first-order chi connectivity index (χ1) is 15.1. The van der Waals surface area contributed by atoms with Crippen molar-refractivity contribution in [2.75, 3.05) is 16.4 Å². The summed E-state index contributed by atoms with van der Waals surface area (Å²) in [5, 5.41) is 17.5. The smallest absolute Gasteiger partial charge is 0.305 e. The number of carbonyl (C=O) groups is 1. The first-order valence-electron chi connectivity index (χ1n) is 11.0. The molecule has 162 valence electrons.